The van der Waals surface area contributed by atoms with Crippen molar-refractivity contribution in [3.8, 4) is 11.1 Å². The maximum atomic E-state index is 13.8. The van der Waals surface area contributed by atoms with E-state index < -0.39 is 11.7 Å². The van der Waals surface area contributed by atoms with Gasteiger partial charge in [-0.3, -0.25) is 4.90 Å². The number of anilines is 1. The number of benzene rings is 2. The second-order valence-electron chi connectivity index (χ2n) is 9.74. The predicted octanol–water partition coefficient (Wildman–Crippen LogP) is 6.01. The first-order chi connectivity index (χ1) is 17.8. The molecule has 0 radical (unpaired) electrons. The second-order valence-corrected chi connectivity index (χ2v) is 9.74. The highest BCUT2D eigenvalue weighted by Crippen LogP contribution is 2.34. The molecular formula is C29H32F3N5. The lowest BCUT2D eigenvalue weighted by Crippen LogP contribution is -2.43. The Kier molecular flexibility index (Phi) is 7.48. The number of alkyl halides is 3. The van der Waals surface area contributed by atoms with Crippen molar-refractivity contribution in [2.75, 3.05) is 38.0 Å². The van der Waals surface area contributed by atoms with Crippen LogP contribution in [-0.4, -0.2) is 47.6 Å². The number of aromatic nitrogens is 2. The van der Waals surface area contributed by atoms with Crippen LogP contribution < -0.4 is 10.6 Å². The largest absolute Gasteiger partial charge is 0.416 e. The molecule has 0 aliphatic carbocycles. The molecule has 0 saturated carbocycles. The average molecular weight is 508 g/mol. The smallest absolute Gasteiger partial charge is 0.385 e. The van der Waals surface area contributed by atoms with Crippen LogP contribution in [0.15, 0.2) is 60.8 Å². The summed E-state index contributed by atoms with van der Waals surface area (Å²) in [5, 5.41) is 7.51. The predicted molar refractivity (Wildman–Crippen MR) is 143 cm³/mol. The Hall–Kier alpha value is -3.36. The lowest BCUT2D eigenvalue weighted by molar-refractivity contribution is -0.138. The number of H-pyrrole nitrogens is 1. The van der Waals surface area contributed by atoms with E-state index in [9.17, 15) is 13.2 Å². The number of pyridine rings is 1. The highest BCUT2D eigenvalue weighted by Gasteiger charge is 2.34. The standard InChI is InChI=1S/C29H32F3N5/c1-20-15-24-16-25(18-35-28(24)36-20)22-6-4-21(5-7-22)3-2-10-34-26-9-8-23(27(17-26)29(30,31)32)19-37-13-11-33-12-14-37/h4-9,15-18,33-34H,2-3,10-14,19H2,1H3,(H,35,36). The first-order valence-electron chi connectivity index (χ1n) is 12.8. The van der Waals surface area contributed by atoms with Gasteiger partial charge in [-0.15, -0.1) is 0 Å². The van der Waals surface area contributed by atoms with E-state index in [0.717, 1.165) is 66.9 Å². The Morgan fingerprint density at radius 2 is 1.76 bits per heavy atom. The molecule has 2 aromatic carbocycles. The van der Waals surface area contributed by atoms with Crippen LogP contribution in [0.1, 0.15) is 28.8 Å². The van der Waals surface area contributed by atoms with Crippen LogP contribution >= 0.6 is 0 Å². The number of aryl methyl sites for hydroxylation is 2. The molecule has 0 bridgehead atoms. The molecule has 1 aliphatic heterocycles. The number of piperazine rings is 1. The highest BCUT2D eigenvalue weighted by atomic mass is 19.4. The normalized spacial score (nSPS) is 14.8. The number of fused-ring (bicyclic) bond motifs is 1. The van der Waals surface area contributed by atoms with Gasteiger partial charge in [0.15, 0.2) is 0 Å². The third-order valence-electron chi connectivity index (χ3n) is 6.88. The minimum absolute atomic E-state index is 0.321. The van der Waals surface area contributed by atoms with Crippen LogP contribution in [-0.2, 0) is 19.1 Å². The van der Waals surface area contributed by atoms with Gasteiger partial charge >= 0.3 is 6.18 Å². The fourth-order valence-electron chi connectivity index (χ4n) is 4.90. The lowest BCUT2D eigenvalue weighted by atomic mass is 10.0. The number of hydrogen-bond donors (Lipinski definition) is 3. The first kappa shape index (κ1) is 25.3. The summed E-state index contributed by atoms with van der Waals surface area (Å²) in [5.41, 5.74) is 5.65. The Balaban J connectivity index is 1.16. The topological polar surface area (TPSA) is 56.0 Å². The molecular weight excluding hydrogens is 475 g/mol. The summed E-state index contributed by atoms with van der Waals surface area (Å²) in [5.74, 6) is 0. The second kappa shape index (κ2) is 10.9. The molecule has 8 heteroatoms. The van der Waals surface area contributed by atoms with Crippen LogP contribution in [0.2, 0.25) is 0 Å². The zero-order valence-electron chi connectivity index (χ0n) is 21.0. The summed E-state index contributed by atoms with van der Waals surface area (Å²) in [7, 11) is 0. The van der Waals surface area contributed by atoms with Crippen molar-refractivity contribution in [1.29, 1.82) is 0 Å². The van der Waals surface area contributed by atoms with Gasteiger partial charge < -0.3 is 15.6 Å². The van der Waals surface area contributed by atoms with Crippen molar-refractivity contribution < 1.29 is 13.2 Å². The third-order valence-corrected chi connectivity index (χ3v) is 6.88. The first-order valence-corrected chi connectivity index (χ1v) is 12.8. The zero-order valence-corrected chi connectivity index (χ0v) is 21.0. The van der Waals surface area contributed by atoms with Gasteiger partial charge in [0, 0.05) is 67.8 Å². The van der Waals surface area contributed by atoms with E-state index in [4.69, 9.17) is 0 Å². The molecule has 0 unspecified atom stereocenters. The van der Waals surface area contributed by atoms with Crippen molar-refractivity contribution in [2.45, 2.75) is 32.5 Å². The number of rotatable bonds is 8. The molecule has 1 aliphatic rings. The van der Waals surface area contributed by atoms with Crippen molar-refractivity contribution in [2.24, 2.45) is 0 Å². The van der Waals surface area contributed by atoms with E-state index in [0.29, 0.717) is 24.3 Å². The molecule has 3 N–H and O–H groups in total. The van der Waals surface area contributed by atoms with E-state index in [1.807, 2.05) is 13.1 Å². The Morgan fingerprint density at radius 3 is 2.51 bits per heavy atom. The van der Waals surface area contributed by atoms with Crippen molar-refractivity contribution in [1.82, 2.24) is 20.2 Å². The zero-order chi connectivity index (χ0) is 25.8. The summed E-state index contributed by atoms with van der Waals surface area (Å²) < 4.78 is 41.3. The summed E-state index contributed by atoms with van der Waals surface area (Å²) in [6.07, 6.45) is -0.835. The number of nitrogens with zero attached hydrogens (tertiary/aromatic N) is 2. The van der Waals surface area contributed by atoms with E-state index in [-0.39, 0.29) is 0 Å². The summed E-state index contributed by atoms with van der Waals surface area (Å²) >= 11 is 0. The summed E-state index contributed by atoms with van der Waals surface area (Å²) in [6.45, 7) is 6.08. The van der Waals surface area contributed by atoms with Gasteiger partial charge in [-0.25, -0.2) is 4.98 Å². The van der Waals surface area contributed by atoms with Gasteiger partial charge in [0.25, 0.3) is 0 Å². The third kappa shape index (κ3) is 6.32. The van der Waals surface area contributed by atoms with Gasteiger partial charge in [0.2, 0.25) is 0 Å². The Labute approximate surface area is 215 Å². The monoisotopic (exact) mass is 507 g/mol. The van der Waals surface area contributed by atoms with Crippen molar-refractivity contribution >= 4 is 16.7 Å². The van der Waals surface area contributed by atoms with Gasteiger partial charge in [-0.1, -0.05) is 30.3 Å². The molecule has 1 fully saturated rings. The SMILES string of the molecule is Cc1cc2cc(-c3ccc(CCCNc4ccc(CN5CCNCC5)c(C(F)(F)F)c4)cc3)cnc2[nH]1. The maximum absolute atomic E-state index is 13.8. The maximum Gasteiger partial charge on any atom is 0.416 e. The van der Waals surface area contributed by atoms with E-state index in [1.54, 1.807) is 12.1 Å². The van der Waals surface area contributed by atoms with Gasteiger partial charge in [0.05, 0.1) is 5.56 Å². The van der Waals surface area contributed by atoms with Crippen LogP contribution in [0.25, 0.3) is 22.2 Å². The van der Waals surface area contributed by atoms with Gasteiger partial charge in [-0.05, 0) is 60.7 Å². The van der Waals surface area contributed by atoms with Crippen LogP contribution in [0.4, 0.5) is 18.9 Å². The fraction of sp³-hybridized carbons (Fsp3) is 0.345. The number of nitrogens with one attached hydrogen (secondary N) is 3. The minimum Gasteiger partial charge on any atom is -0.385 e. The Morgan fingerprint density at radius 1 is 0.973 bits per heavy atom. The lowest BCUT2D eigenvalue weighted by Gasteiger charge is -2.28. The molecule has 5 rings (SSSR count). The van der Waals surface area contributed by atoms with Crippen molar-refractivity contribution in [3.63, 3.8) is 0 Å². The highest BCUT2D eigenvalue weighted by molar-refractivity contribution is 5.82. The van der Waals surface area contributed by atoms with E-state index in [1.165, 1.54) is 11.6 Å². The number of aromatic amines is 1. The molecule has 0 amide bonds. The molecule has 4 aromatic rings. The van der Waals surface area contributed by atoms with E-state index >= 15 is 0 Å². The molecule has 37 heavy (non-hydrogen) atoms. The summed E-state index contributed by atoms with van der Waals surface area (Å²) in [4.78, 5) is 9.81. The molecule has 5 nitrogen and oxygen atoms in total. The van der Waals surface area contributed by atoms with Gasteiger partial charge in [-0.2, -0.15) is 13.2 Å². The molecule has 3 heterocycles. The molecule has 0 atom stereocenters. The van der Waals surface area contributed by atoms with Crippen LogP contribution in [0, 0.1) is 6.92 Å². The van der Waals surface area contributed by atoms with Crippen LogP contribution in [0.5, 0.6) is 0 Å². The molecule has 0 spiro atoms. The fourth-order valence-corrected chi connectivity index (χ4v) is 4.90. The number of hydrogen-bond acceptors (Lipinski definition) is 4. The molecule has 1 saturated heterocycles. The summed E-state index contributed by atoms with van der Waals surface area (Å²) in [6, 6.07) is 17.3. The minimum atomic E-state index is -4.37. The van der Waals surface area contributed by atoms with Crippen molar-refractivity contribution in [3.05, 3.63) is 83.2 Å². The average Bonchev–Trinajstić information content (AvgIpc) is 3.27. The Bertz CT molecular complexity index is 1340. The van der Waals surface area contributed by atoms with Gasteiger partial charge in [0.1, 0.15) is 5.65 Å². The molecule has 2 aromatic heterocycles. The van der Waals surface area contributed by atoms with Crippen LogP contribution in [0.3, 0.4) is 0 Å². The number of halogens is 3. The quantitative estimate of drug-likeness (QED) is 0.256. The van der Waals surface area contributed by atoms with E-state index in [2.05, 4.69) is 61.9 Å². The molecule has 194 valence electrons.